The van der Waals surface area contributed by atoms with Crippen LogP contribution >= 0.6 is 0 Å². The number of carbonyl (C=O) groups is 1. The van der Waals surface area contributed by atoms with Crippen molar-refractivity contribution in [3.63, 3.8) is 0 Å². The van der Waals surface area contributed by atoms with Crippen LogP contribution in [-0.4, -0.2) is 54.8 Å². The molecule has 0 heterocycles. The van der Waals surface area contributed by atoms with Crippen molar-refractivity contribution in [1.29, 1.82) is 0 Å². The lowest BCUT2D eigenvalue weighted by Gasteiger charge is -2.21. The fourth-order valence-electron chi connectivity index (χ4n) is 3.59. The predicted molar refractivity (Wildman–Crippen MR) is 125 cm³/mol. The Morgan fingerprint density at radius 1 is 0.968 bits per heavy atom. The summed E-state index contributed by atoms with van der Waals surface area (Å²) in [5, 5.41) is 19.9. The van der Waals surface area contributed by atoms with E-state index in [0.717, 1.165) is 58.3 Å². The first-order valence-electron chi connectivity index (χ1n) is 11.4. The molecule has 5 nitrogen and oxygen atoms in total. The summed E-state index contributed by atoms with van der Waals surface area (Å²) in [5.41, 5.74) is 2.25. The molecule has 0 spiro atoms. The minimum absolute atomic E-state index is 0.0598. The standard InChI is InChI=1S/C26H37NO4/c1-27(20-26(30)23-14-15-25(29)24(19-23)21-28)16-8-2-3-9-17-31-18-10-7-13-22-11-5-4-6-12-22/h4-6,11-12,14-15,19,21,26,29-30H,2-3,7-10,13,16-18,20H2,1H3. The van der Waals surface area contributed by atoms with Crippen LogP contribution in [0.1, 0.15) is 66.1 Å². The number of likely N-dealkylation sites (N-methyl/N-ethyl adjacent to an activating group) is 1. The molecule has 0 aliphatic rings. The van der Waals surface area contributed by atoms with Gasteiger partial charge in [0.05, 0.1) is 11.7 Å². The number of aldehydes is 1. The van der Waals surface area contributed by atoms with E-state index in [4.69, 9.17) is 4.74 Å². The zero-order chi connectivity index (χ0) is 22.3. The van der Waals surface area contributed by atoms with Gasteiger partial charge in [-0.25, -0.2) is 0 Å². The molecule has 2 aromatic carbocycles. The van der Waals surface area contributed by atoms with Gasteiger partial charge in [-0.15, -0.1) is 0 Å². The van der Waals surface area contributed by atoms with Crippen molar-refractivity contribution in [2.75, 3.05) is 33.4 Å². The van der Waals surface area contributed by atoms with Crippen LogP contribution < -0.4 is 0 Å². The maximum atomic E-state index is 10.9. The molecule has 5 heteroatoms. The molecule has 1 atom stereocenters. The molecule has 0 amide bonds. The summed E-state index contributed by atoms with van der Waals surface area (Å²) < 4.78 is 5.74. The summed E-state index contributed by atoms with van der Waals surface area (Å²) in [6, 6.07) is 15.2. The highest BCUT2D eigenvalue weighted by molar-refractivity contribution is 5.79. The van der Waals surface area contributed by atoms with Gasteiger partial charge >= 0.3 is 0 Å². The van der Waals surface area contributed by atoms with E-state index in [0.29, 0.717) is 18.4 Å². The average molecular weight is 428 g/mol. The number of aromatic hydroxyl groups is 1. The number of aliphatic hydroxyl groups is 1. The number of ether oxygens (including phenoxy) is 1. The Hall–Kier alpha value is -2.21. The van der Waals surface area contributed by atoms with Gasteiger partial charge in [0.1, 0.15) is 5.75 Å². The highest BCUT2D eigenvalue weighted by atomic mass is 16.5. The molecule has 1 unspecified atom stereocenters. The van der Waals surface area contributed by atoms with Gasteiger partial charge in [-0.3, -0.25) is 4.79 Å². The molecule has 31 heavy (non-hydrogen) atoms. The molecule has 0 fully saturated rings. The average Bonchev–Trinajstić information content (AvgIpc) is 2.78. The van der Waals surface area contributed by atoms with Crippen LogP contribution in [0.25, 0.3) is 0 Å². The predicted octanol–water partition coefficient (Wildman–Crippen LogP) is 4.77. The number of nitrogens with zero attached hydrogens (tertiary/aromatic N) is 1. The summed E-state index contributed by atoms with van der Waals surface area (Å²) in [5.74, 6) is -0.0598. The monoisotopic (exact) mass is 427 g/mol. The van der Waals surface area contributed by atoms with Crippen LogP contribution in [0.5, 0.6) is 5.75 Å². The second-order valence-electron chi connectivity index (χ2n) is 8.18. The van der Waals surface area contributed by atoms with Gasteiger partial charge in [-0.05, 0) is 69.0 Å². The molecular formula is C26H37NO4. The lowest BCUT2D eigenvalue weighted by atomic mass is 10.1. The largest absolute Gasteiger partial charge is 0.507 e. The summed E-state index contributed by atoms with van der Waals surface area (Å²) in [4.78, 5) is 13.0. The van der Waals surface area contributed by atoms with Gasteiger partial charge in [0, 0.05) is 19.8 Å². The summed E-state index contributed by atoms with van der Waals surface area (Å²) in [7, 11) is 1.99. The van der Waals surface area contributed by atoms with Gasteiger partial charge in [0.2, 0.25) is 0 Å². The fourth-order valence-corrected chi connectivity index (χ4v) is 3.59. The first-order chi connectivity index (χ1) is 15.1. The maximum Gasteiger partial charge on any atom is 0.153 e. The van der Waals surface area contributed by atoms with Gasteiger partial charge in [0.15, 0.2) is 6.29 Å². The Labute approximate surface area is 186 Å². The molecule has 0 bridgehead atoms. The molecule has 0 aliphatic heterocycles. The molecule has 170 valence electrons. The van der Waals surface area contributed by atoms with E-state index in [1.54, 1.807) is 12.1 Å². The number of phenols is 1. The molecule has 2 rings (SSSR count). The van der Waals surface area contributed by atoms with E-state index in [-0.39, 0.29) is 11.3 Å². The van der Waals surface area contributed by atoms with Crippen molar-refractivity contribution < 1.29 is 19.7 Å². The van der Waals surface area contributed by atoms with E-state index in [1.165, 1.54) is 18.1 Å². The quantitative estimate of drug-likeness (QED) is 0.298. The third kappa shape index (κ3) is 10.1. The SMILES string of the molecule is CN(CCCCCCOCCCCc1ccccc1)CC(O)c1ccc(O)c(C=O)c1. The van der Waals surface area contributed by atoms with Gasteiger partial charge in [-0.1, -0.05) is 49.2 Å². The third-order valence-corrected chi connectivity index (χ3v) is 5.47. The highest BCUT2D eigenvalue weighted by Gasteiger charge is 2.12. The van der Waals surface area contributed by atoms with Crippen LogP contribution in [0, 0.1) is 0 Å². The van der Waals surface area contributed by atoms with Crippen molar-refractivity contribution in [3.05, 3.63) is 65.2 Å². The lowest BCUT2D eigenvalue weighted by molar-refractivity contribution is 0.111. The third-order valence-electron chi connectivity index (χ3n) is 5.47. The van der Waals surface area contributed by atoms with E-state index in [1.807, 2.05) is 7.05 Å². The number of phenolic OH excluding ortho intramolecular Hbond substituents is 1. The number of hydrogen-bond acceptors (Lipinski definition) is 5. The topological polar surface area (TPSA) is 70.0 Å². The lowest BCUT2D eigenvalue weighted by Crippen LogP contribution is -2.25. The van der Waals surface area contributed by atoms with E-state index >= 15 is 0 Å². The second-order valence-corrected chi connectivity index (χ2v) is 8.18. The Balaban J connectivity index is 1.45. The molecule has 0 saturated carbocycles. The molecule has 0 radical (unpaired) electrons. The Kier molecular flexibility index (Phi) is 11.9. The van der Waals surface area contributed by atoms with E-state index in [2.05, 4.69) is 35.2 Å². The van der Waals surface area contributed by atoms with Crippen LogP contribution in [-0.2, 0) is 11.2 Å². The van der Waals surface area contributed by atoms with Crippen LogP contribution in [0.2, 0.25) is 0 Å². The van der Waals surface area contributed by atoms with Gasteiger partial charge < -0.3 is 19.8 Å². The fraction of sp³-hybridized carbons (Fsp3) is 0.500. The zero-order valence-corrected chi connectivity index (χ0v) is 18.7. The van der Waals surface area contributed by atoms with Crippen molar-refractivity contribution >= 4 is 6.29 Å². The van der Waals surface area contributed by atoms with Crippen LogP contribution in [0.15, 0.2) is 48.5 Å². The highest BCUT2D eigenvalue weighted by Crippen LogP contribution is 2.21. The maximum absolute atomic E-state index is 10.9. The molecule has 0 saturated heterocycles. The Morgan fingerprint density at radius 2 is 1.68 bits per heavy atom. The van der Waals surface area contributed by atoms with Crippen molar-refractivity contribution in [2.24, 2.45) is 0 Å². The van der Waals surface area contributed by atoms with Crippen molar-refractivity contribution in [2.45, 2.75) is 51.0 Å². The normalized spacial score (nSPS) is 12.2. The Bertz CT molecular complexity index is 750. The summed E-state index contributed by atoms with van der Waals surface area (Å²) in [6.07, 6.45) is 7.79. The smallest absolute Gasteiger partial charge is 0.153 e. The molecular weight excluding hydrogens is 390 g/mol. The van der Waals surface area contributed by atoms with Crippen molar-refractivity contribution in [3.8, 4) is 5.75 Å². The number of aliphatic hydroxyl groups excluding tert-OH is 1. The summed E-state index contributed by atoms with van der Waals surface area (Å²) >= 11 is 0. The molecule has 2 N–H and O–H groups in total. The number of carbonyl (C=O) groups excluding carboxylic acids is 1. The van der Waals surface area contributed by atoms with Crippen LogP contribution in [0.4, 0.5) is 0 Å². The number of unbranched alkanes of at least 4 members (excludes halogenated alkanes) is 4. The first-order valence-corrected chi connectivity index (χ1v) is 11.4. The second kappa shape index (κ2) is 14.7. The van der Waals surface area contributed by atoms with Gasteiger partial charge in [-0.2, -0.15) is 0 Å². The van der Waals surface area contributed by atoms with Gasteiger partial charge in [0.25, 0.3) is 0 Å². The van der Waals surface area contributed by atoms with E-state index < -0.39 is 6.10 Å². The molecule has 2 aromatic rings. The van der Waals surface area contributed by atoms with Crippen molar-refractivity contribution in [1.82, 2.24) is 4.90 Å². The number of hydrogen-bond donors (Lipinski definition) is 2. The molecule has 0 aromatic heterocycles. The number of benzene rings is 2. The minimum Gasteiger partial charge on any atom is -0.507 e. The minimum atomic E-state index is -0.681. The number of rotatable bonds is 16. The Morgan fingerprint density at radius 3 is 2.42 bits per heavy atom. The number of aryl methyl sites for hydroxylation is 1. The summed E-state index contributed by atoms with van der Waals surface area (Å²) in [6.45, 7) is 3.08. The van der Waals surface area contributed by atoms with Crippen LogP contribution in [0.3, 0.4) is 0 Å². The van der Waals surface area contributed by atoms with E-state index in [9.17, 15) is 15.0 Å². The first kappa shape index (κ1) is 25.1. The molecule has 0 aliphatic carbocycles. The zero-order valence-electron chi connectivity index (χ0n) is 18.7.